The Balaban J connectivity index is 1.62. The van der Waals surface area contributed by atoms with Crippen molar-refractivity contribution in [2.75, 3.05) is 0 Å². The number of hydrogen-bond acceptors (Lipinski definition) is 3. The molecule has 0 aliphatic heterocycles. The molecule has 154 valence electrons. The van der Waals surface area contributed by atoms with E-state index in [0.717, 1.165) is 11.3 Å². The summed E-state index contributed by atoms with van der Waals surface area (Å²) in [5.74, 6) is 0.970. The maximum absolute atomic E-state index is 11.2. The van der Waals surface area contributed by atoms with Crippen LogP contribution in [0.5, 0.6) is 11.5 Å². The summed E-state index contributed by atoms with van der Waals surface area (Å²) in [4.78, 5) is 11.2. The molecule has 1 N–H and O–H groups in total. The van der Waals surface area contributed by atoms with Gasteiger partial charge in [0.05, 0.1) is 0 Å². The first-order valence-corrected chi connectivity index (χ1v) is 9.87. The summed E-state index contributed by atoms with van der Waals surface area (Å²) in [6, 6.07) is 25.7. The average Bonchev–Trinajstić information content (AvgIpc) is 2.75. The molecule has 0 spiro atoms. The van der Waals surface area contributed by atoms with Crippen molar-refractivity contribution < 1.29 is 19.4 Å². The number of carboxylic acids is 1. The van der Waals surface area contributed by atoms with Crippen LogP contribution in [0.3, 0.4) is 0 Å². The van der Waals surface area contributed by atoms with Gasteiger partial charge in [-0.05, 0) is 67.8 Å². The molecule has 3 aromatic carbocycles. The van der Waals surface area contributed by atoms with Gasteiger partial charge in [0.2, 0.25) is 0 Å². The van der Waals surface area contributed by atoms with Crippen LogP contribution in [0.1, 0.15) is 26.3 Å². The zero-order valence-electron chi connectivity index (χ0n) is 17.5. The predicted molar refractivity (Wildman–Crippen MR) is 119 cm³/mol. The standard InChI is InChI=1S/C26H26O4/c1-4-22(18-19-10-12-21(13-11-19)20-8-6-5-7-9-20)29-23-14-16-24(17-15-23)30-26(2,3)25(27)28/h4-17H,18H2,1-3H3,(H,27,28). The third kappa shape index (κ3) is 5.51. The monoisotopic (exact) mass is 402 g/mol. The first-order chi connectivity index (χ1) is 14.4. The van der Waals surface area contributed by atoms with Crippen molar-refractivity contribution in [1.82, 2.24) is 0 Å². The highest BCUT2D eigenvalue weighted by Gasteiger charge is 2.29. The molecule has 0 saturated heterocycles. The van der Waals surface area contributed by atoms with Gasteiger partial charge in [-0.1, -0.05) is 54.6 Å². The number of aliphatic carboxylic acids is 1. The Kier molecular flexibility index (Phi) is 6.58. The molecule has 0 heterocycles. The molecule has 0 unspecified atom stereocenters. The first-order valence-electron chi connectivity index (χ1n) is 9.87. The van der Waals surface area contributed by atoms with E-state index in [1.165, 1.54) is 25.0 Å². The average molecular weight is 402 g/mol. The summed E-state index contributed by atoms with van der Waals surface area (Å²) in [5, 5.41) is 9.17. The van der Waals surface area contributed by atoms with Gasteiger partial charge in [-0.2, -0.15) is 0 Å². The van der Waals surface area contributed by atoms with E-state index in [-0.39, 0.29) is 0 Å². The Bertz CT molecular complexity index is 1000. The molecular weight excluding hydrogens is 376 g/mol. The van der Waals surface area contributed by atoms with Gasteiger partial charge in [-0.25, -0.2) is 4.79 Å². The Morgan fingerprint density at radius 1 is 0.867 bits per heavy atom. The Labute approximate surface area is 177 Å². The lowest BCUT2D eigenvalue weighted by Gasteiger charge is -2.21. The van der Waals surface area contributed by atoms with Gasteiger partial charge in [0.1, 0.15) is 17.3 Å². The van der Waals surface area contributed by atoms with Crippen molar-refractivity contribution in [1.29, 1.82) is 0 Å². The Morgan fingerprint density at radius 3 is 2.00 bits per heavy atom. The molecule has 0 fully saturated rings. The third-order valence-electron chi connectivity index (χ3n) is 4.72. The highest BCUT2D eigenvalue weighted by molar-refractivity contribution is 5.76. The second-order valence-electron chi connectivity index (χ2n) is 7.49. The molecule has 4 nitrogen and oxygen atoms in total. The van der Waals surface area contributed by atoms with E-state index in [1.807, 2.05) is 31.2 Å². The molecule has 0 saturated carbocycles. The number of allylic oxidation sites excluding steroid dienone is 2. The van der Waals surface area contributed by atoms with E-state index >= 15 is 0 Å². The van der Waals surface area contributed by atoms with Gasteiger partial charge >= 0.3 is 5.97 Å². The fourth-order valence-electron chi connectivity index (χ4n) is 2.91. The molecule has 0 atom stereocenters. The minimum absolute atomic E-state index is 0.480. The van der Waals surface area contributed by atoms with Gasteiger partial charge in [-0.3, -0.25) is 0 Å². The van der Waals surface area contributed by atoms with E-state index in [4.69, 9.17) is 9.47 Å². The fourth-order valence-corrected chi connectivity index (χ4v) is 2.91. The maximum atomic E-state index is 11.2. The number of carbonyl (C=O) groups is 1. The lowest BCUT2D eigenvalue weighted by atomic mass is 10.0. The van der Waals surface area contributed by atoms with E-state index in [2.05, 4.69) is 36.4 Å². The van der Waals surface area contributed by atoms with Gasteiger partial charge in [-0.15, -0.1) is 0 Å². The number of hydrogen-bond donors (Lipinski definition) is 1. The molecule has 0 aliphatic carbocycles. The summed E-state index contributed by atoms with van der Waals surface area (Å²) >= 11 is 0. The number of benzene rings is 3. The number of ether oxygens (including phenoxy) is 2. The van der Waals surface area contributed by atoms with Gasteiger partial charge < -0.3 is 14.6 Å². The zero-order chi connectivity index (χ0) is 21.6. The first kappa shape index (κ1) is 21.2. The van der Waals surface area contributed by atoms with Crippen LogP contribution in [0, 0.1) is 0 Å². The van der Waals surface area contributed by atoms with Crippen LogP contribution in [0.25, 0.3) is 11.1 Å². The smallest absolute Gasteiger partial charge is 0.347 e. The van der Waals surface area contributed by atoms with Crippen LogP contribution in [-0.2, 0) is 11.2 Å². The van der Waals surface area contributed by atoms with Crippen LogP contribution in [0.4, 0.5) is 0 Å². The molecule has 0 aromatic heterocycles. The molecule has 0 bridgehead atoms. The SMILES string of the molecule is CC=C(Cc1ccc(-c2ccccc2)cc1)Oc1ccc(OC(C)(C)C(=O)O)cc1. The molecule has 0 radical (unpaired) electrons. The van der Waals surface area contributed by atoms with Crippen LogP contribution in [0.2, 0.25) is 0 Å². The molecule has 0 amide bonds. The van der Waals surface area contributed by atoms with Crippen molar-refractivity contribution in [3.05, 3.63) is 96.3 Å². The fraction of sp³-hybridized carbons (Fsp3) is 0.192. The maximum Gasteiger partial charge on any atom is 0.347 e. The van der Waals surface area contributed by atoms with Gasteiger partial charge in [0.25, 0.3) is 0 Å². The van der Waals surface area contributed by atoms with Crippen LogP contribution < -0.4 is 9.47 Å². The number of carboxylic acid groups (broad SMARTS) is 1. The van der Waals surface area contributed by atoms with Crippen molar-refractivity contribution in [2.24, 2.45) is 0 Å². The summed E-state index contributed by atoms with van der Waals surface area (Å²) in [6.45, 7) is 4.97. The lowest BCUT2D eigenvalue weighted by molar-refractivity contribution is -0.152. The predicted octanol–water partition coefficient (Wildman–Crippen LogP) is 6.12. The van der Waals surface area contributed by atoms with E-state index in [0.29, 0.717) is 17.9 Å². The largest absolute Gasteiger partial charge is 0.478 e. The lowest BCUT2D eigenvalue weighted by Crippen LogP contribution is -2.37. The topological polar surface area (TPSA) is 55.8 Å². The molecule has 3 rings (SSSR count). The minimum Gasteiger partial charge on any atom is -0.478 e. The molecular formula is C26H26O4. The summed E-state index contributed by atoms with van der Waals surface area (Å²) in [7, 11) is 0. The second-order valence-corrected chi connectivity index (χ2v) is 7.49. The van der Waals surface area contributed by atoms with Crippen LogP contribution in [-0.4, -0.2) is 16.7 Å². The van der Waals surface area contributed by atoms with Crippen molar-refractivity contribution >= 4 is 5.97 Å². The van der Waals surface area contributed by atoms with Crippen molar-refractivity contribution in [3.63, 3.8) is 0 Å². The van der Waals surface area contributed by atoms with Gasteiger partial charge in [0.15, 0.2) is 5.60 Å². The highest BCUT2D eigenvalue weighted by Crippen LogP contribution is 2.25. The quantitative estimate of drug-likeness (QED) is 0.461. The van der Waals surface area contributed by atoms with Crippen molar-refractivity contribution in [3.8, 4) is 22.6 Å². The van der Waals surface area contributed by atoms with Gasteiger partial charge in [0, 0.05) is 6.42 Å². The summed E-state index contributed by atoms with van der Waals surface area (Å²) < 4.78 is 11.5. The zero-order valence-corrected chi connectivity index (χ0v) is 17.5. The normalized spacial score (nSPS) is 11.8. The van der Waals surface area contributed by atoms with Crippen LogP contribution in [0.15, 0.2) is 90.7 Å². The summed E-state index contributed by atoms with van der Waals surface area (Å²) in [5.41, 5.74) is 2.25. The van der Waals surface area contributed by atoms with E-state index in [9.17, 15) is 9.90 Å². The van der Waals surface area contributed by atoms with Crippen molar-refractivity contribution in [2.45, 2.75) is 32.8 Å². The Morgan fingerprint density at radius 2 is 1.43 bits per heavy atom. The van der Waals surface area contributed by atoms with E-state index < -0.39 is 11.6 Å². The molecule has 30 heavy (non-hydrogen) atoms. The highest BCUT2D eigenvalue weighted by atomic mass is 16.5. The molecule has 3 aromatic rings. The Hall–Kier alpha value is -3.53. The second kappa shape index (κ2) is 9.31. The van der Waals surface area contributed by atoms with Crippen LogP contribution >= 0.6 is 0 Å². The number of rotatable bonds is 8. The third-order valence-corrected chi connectivity index (χ3v) is 4.72. The molecule has 4 heteroatoms. The minimum atomic E-state index is -1.29. The van der Waals surface area contributed by atoms with E-state index in [1.54, 1.807) is 24.3 Å². The molecule has 0 aliphatic rings. The summed E-state index contributed by atoms with van der Waals surface area (Å²) in [6.07, 6.45) is 2.62.